The first-order chi connectivity index (χ1) is 7.41. The van der Waals surface area contributed by atoms with Gasteiger partial charge >= 0.3 is 6.09 Å². The van der Waals surface area contributed by atoms with Gasteiger partial charge in [-0.2, -0.15) is 0 Å². The van der Waals surface area contributed by atoms with E-state index < -0.39 is 5.60 Å². The van der Waals surface area contributed by atoms with Crippen LogP contribution in [0.1, 0.15) is 40.0 Å². The molecule has 92 valence electrons. The van der Waals surface area contributed by atoms with Crippen molar-refractivity contribution in [3.63, 3.8) is 0 Å². The lowest BCUT2D eigenvalue weighted by molar-refractivity contribution is 0.0449. The Labute approximate surface area is 97.1 Å². The summed E-state index contributed by atoms with van der Waals surface area (Å²) in [6.45, 7) is 7.59. The SMILES string of the molecule is CC(C)(C)OC(=O)N[C@]12CCC[C@H]1CNC2. The smallest absolute Gasteiger partial charge is 0.408 e. The predicted octanol–water partition coefficient (Wildman–Crippen LogP) is 1.65. The van der Waals surface area contributed by atoms with Crippen molar-refractivity contribution in [3.05, 3.63) is 0 Å². The second-order valence-electron chi connectivity index (χ2n) is 6.00. The van der Waals surface area contributed by atoms with Crippen molar-refractivity contribution in [1.29, 1.82) is 0 Å². The quantitative estimate of drug-likeness (QED) is 0.715. The van der Waals surface area contributed by atoms with Crippen LogP contribution >= 0.6 is 0 Å². The molecule has 2 fully saturated rings. The second kappa shape index (κ2) is 3.91. The minimum absolute atomic E-state index is 0.0394. The van der Waals surface area contributed by atoms with E-state index in [1.54, 1.807) is 0 Å². The maximum absolute atomic E-state index is 11.8. The number of nitrogens with one attached hydrogen (secondary N) is 2. The number of alkyl carbamates (subject to hydrolysis) is 1. The van der Waals surface area contributed by atoms with E-state index in [0.29, 0.717) is 5.92 Å². The number of hydrogen-bond acceptors (Lipinski definition) is 3. The summed E-state index contributed by atoms with van der Waals surface area (Å²) in [6.07, 6.45) is 3.22. The lowest BCUT2D eigenvalue weighted by atomic mass is 9.91. The number of carbonyl (C=O) groups excluding carboxylic acids is 1. The van der Waals surface area contributed by atoms with Crippen LogP contribution in [0.5, 0.6) is 0 Å². The summed E-state index contributed by atoms with van der Waals surface area (Å²) in [5, 5.41) is 6.45. The van der Waals surface area contributed by atoms with Crippen molar-refractivity contribution >= 4 is 6.09 Å². The molecular weight excluding hydrogens is 204 g/mol. The van der Waals surface area contributed by atoms with E-state index in [0.717, 1.165) is 19.5 Å². The molecule has 4 heteroatoms. The highest BCUT2D eigenvalue weighted by Gasteiger charge is 2.47. The maximum atomic E-state index is 11.8. The molecule has 2 N–H and O–H groups in total. The zero-order chi connectivity index (χ0) is 11.8. The maximum Gasteiger partial charge on any atom is 0.408 e. The van der Waals surface area contributed by atoms with Crippen molar-refractivity contribution in [3.8, 4) is 0 Å². The number of hydrogen-bond donors (Lipinski definition) is 2. The normalized spacial score (nSPS) is 33.6. The van der Waals surface area contributed by atoms with Crippen molar-refractivity contribution in [1.82, 2.24) is 10.6 Å². The van der Waals surface area contributed by atoms with Gasteiger partial charge in [0, 0.05) is 13.1 Å². The zero-order valence-corrected chi connectivity index (χ0v) is 10.4. The van der Waals surface area contributed by atoms with Crippen LogP contribution in [0.2, 0.25) is 0 Å². The average Bonchev–Trinajstić information content (AvgIpc) is 2.57. The predicted molar refractivity (Wildman–Crippen MR) is 62.3 cm³/mol. The van der Waals surface area contributed by atoms with Gasteiger partial charge in [0.15, 0.2) is 0 Å². The fourth-order valence-electron chi connectivity index (χ4n) is 2.86. The molecule has 2 atom stereocenters. The van der Waals surface area contributed by atoms with Crippen LogP contribution in [0.25, 0.3) is 0 Å². The first kappa shape index (κ1) is 11.7. The monoisotopic (exact) mass is 226 g/mol. The van der Waals surface area contributed by atoms with Gasteiger partial charge in [0.2, 0.25) is 0 Å². The molecule has 0 aromatic heterocycles. The number of fused-ring (bicyclic) bond motifs is 1. The van der Waals surface area contributed by atoms with Crippen molar-refractivity contribution in [2.75, 3.05) is 13.1 Å². The third-order valence-corrected chi connectivity index (χ3v) is 3.54. The second-order valence-corrected chi connectivity index (χ2v) is 6.00. The van der Waals surface area contributed by atoms with E-state index in [4.69, 9.17) is 4.74 Å². The minimum atomic E-state index is -0.416. The van der Waals surface area contributed by atoms with E-state index in [-0.39, 0.29) is 11.6 Å². The van der Waals surface area contributed by atoms with E-state index >= 15 is 0 Å². The van der Waals surface area contributed by atoms with E-state index in [1.165, 1.54) is 12.8 Å². The number of amides is 1. The summed E-state index contributed by atoms with van der Waals surface area (Å²) in [6, 6.07) is 0. The molecular formula is C12H22N2O2. The van der Waals surface area contributed by atoms with Crippen LogP contribution in [0, 0.1) is 5.92 Å². The first-order valence-corrected chi connectivity index (χ1v) is 6.13. The van der Waals surface area contributed by atoms with E-state index in [1.807, 2.05) is 20.8 Å². The zero-order valence-electron chi connectivity index (χ0n) is 10.4. The molecule has 0 unspecified atom stereocenters. The number of carbonyl (C=O) groups is 1. The summed E-state index contributed by atoms with van der Waals surface area (Å²) >= 11 is 0. The van der Waals surface area contributed by atoms with Gasteiger partial charge in [-0.15, -0.1) is 0 Å². The number of rotatable bonds is 1. The van der Waals surface area contributed by atoms with Crippen LogP contribution in [0.3, 0.4) is 0 Å². The number of ether oxygens (including phenoxy) is 1. The van der Waals surface area contributed by atoms with Gasteiger partial charge in [0.1, 0.15) is 5.60 Å². The minimum Gasteiger partial charge on any atom is -0.444 e. The third kappa shape index (κ3) is 2.32. The molecule has 0 aromatic rings. The van der Waals surface area contributed by atoms with Crippen molar-refractivity contribution in [2.24, 2.45) is 5.92 Å². The molecule has 0 aromatic carbocycles. The van der Waals surface area contributed by atoms with Gasteiger partial charge in [-0.05, 0) is 39.5 Å². The molecule has 4 nitrogen and oxygen atoms in total. The summed E-state index contributed by atoms with van der Waals surface area (Å²) in [5.41, 5.74) is -0.455. The Morgan fingerprint density at radius 2 is 2.25 bits per heavy atom. The summed E-state index contributed by atoms with van der Waals surface area (Å²) in [4.78, 5) is 11.8. The third-order valence-electron chi connectivity index (χ3n) is 3.54. The topological polar surface area (TPSA) is 50.4 Å². The average molecular weight is 226 g/mol. The van der Waals surface area contributed by atoms with Gasteiger partial charge in [-0.1, -0.05) is 6.42 Å². The Morgan fingerprint density at radius 1 is 1.50 bits per heavy atom. The molecule has 2 aliphatic rings. The standard InChI is InChI=1S/C12H22N2O2/c1-11(2,3)16-10(15)14-12-6-4-5-9(12)7-13-8-12/h9,13H,4-8H2,1-3H3,(H,14,15)/t9-,12-/m0/s1. The lowest BCUT2D eigenvalue weighted by Gasteiger charge is -2.31. The van der Waals surface area contributed by atoms with Gasteiger partial charge in [0.05, 0.1) is 5.54 Å². The Kier molecular flexibility index (Phi) is 2.86. The van der Waals surface area contributed by atoms with Crippen LogP contribution < -0.4 is 10.6 Å². The molecule has 1 heterocycles. The van der Waals surface area contributed by atoms with Gasteiger partial charge < -0.3 is 15.4 Å². The van der Waals surface area contributed by atoms with Crippen LogP contribution in [0.15, 0.2) is 0 Å². The summed E-state index contributed by atoms with van der Waals surface area (Å²) in [5.74, 6) is 0.583. The van der Waals surface area contributed by atoms with Gasteiger partial charge in [-0.3, -0.25) is 0 Å². The van der Waals surface area contributed by atoms with Crippen molar-refractivity contribution < 1.29 is 9.53 Å². The molecule has 1 aliphatic carbocycles. The fourth-order valence-corrected chi connectivity index (χ4v) is 2.86. The van der Waals surface area contributed by atoms with Crippen LogP contribution in [-0.4, -0.2) is 30.3 Å². The van der Waals surface area contributed by atoms with E-state index in [2.05, 4.69) is 10.6 Å². The Bertz CT molecular complexity index is 273. The highest BCUT2D eigenvalue weighted by Crippen LogP contribution is 2.38. The molecule has 0 radical (unpaired) electrons. The highest BCUT2D eigenvalue weighted by atomic mass is 16.6. The van der Waals surface area contributed by atoms with Gasteiger partial charge in [0.25, 0.3) is 0 Å². The van der Waals surface area contributed by atoms with Crippen LogP contribution in [0.4, 0.5) is 4.79 Å². The molecule has 1 aliphatic heterocycles. The largest absolute Gasteiger partial charge is 0.444 e. The van der Waals surface area contributed by atoms with Gasteiger partial charge in [-0.25, -0.2) is 4.79 Å². The molecule has 16 heavy (non-hydrogen) atoms. The van der Waals surface area contributed by atoms with Crippen molar-refractivity contribution in [2.45, 2.75) is 51.2 Å². The Balaban J connectivity index is 1.96. The fraction of sp³-hybridized carbons (Fsp3) is 0.917. The molecule has 1 amide bonds. The first-order valence-electron chi connectivity index (χ1n) is 6.13. The summed E-state index contributed by atoms with van der Waals surface area (Å²) < 4.78 is 5.32. The highest BCUT2D eigenvalue weighted by molar-refractivity contribution is 5.69. The van der Waals surface area contributed by atoms with Crippen LogP contribution in [-0.2, 0) is 4.74 Å². The Hall–Kier alpha value is -0.770. The molecule has 0 spiro atoms. The molecule has 1 saturated carbocycles. The Morgan fingerprint density at radius 3 is 2.94 bits per heavy atom. The molecule has 2 rings (SSSR count). The molecule has 1 saturated heterocycles. The lowest BCUT2D eigenvalue weighted by Crippen LogP contribution is -2.53. The molecule has 0 bridgehead atoms. The summed E-state index contributed by atoms with van der Waals surface area (Å²) in [7, 11) is 0. The van der Waals surface area contributed by atoms with E-state index in [9.17, 15) is 4.79 Å².